The number of nitrogens with zero attached hydrogens (tertiary/aromatic N) is 1. The summed E-state index contributed by atoms with van der Waals surface area (Å²) in [4.78, 5) is 12.8. The molecule has 180 valence electrons. The maximum atomic E-state index is 12.5. The molecule has 4 nitrogen and oxygen atoms in total. The van der Waals surface area contributed by atoms with Gasteiger partial charge in [0.25, 0.3) is 0 Å². The number of halogens is 3. The van der Waals surface area contributed by atoms with Gasteiger partial charge in [-0.25, -0.2) is 4.39 Å². The SMILES string of the molecule is C=C/C(Cl)=C(\C(Cl)=C/C)N(CCCC(C)C)CC(C)C.CC(=O)Nc1ccc(F)c(O)c1. The van der Waals surface area contributed by atoms with Gasteiger partial charge in [-0.2, -0.15) is 0 Å². The van der Waals surface area contributed by atoms with Gasteiger partial charge < -0.3 is 15.3 Å². The summed E-state index contributed by atoms with van der Waals surface area (Å²) in [6.45, 7) is 17.9. The highest BCUT2D eigenvalue weighted by molar-refractivity contribution is 6.36. The number of aromatic hydroxyl groups is 1. The second-order valence-corrected chi connectivity index (χ2v) is 9.07. The van der Waals surface area contributed by atoms with Crippen LogP contribution in [0.5, 0.6) is 5.75 Å². The van der Waals surface area contributed by atoms with Gasteiger partial charge in [-0.1, -0.05) is 63.6 Å². The molecule has 0 radical (unpaired) electrons. The number of nitrogens with one attached hydrogen (secondary N) is 1. The maximum Gasteiger partial charge on any atom is 0.221 e. The van der Waals surface area contributed by atoms with Gasteiger partial charge in [0, 0.05) is 31.8 Å². The molecule has 1 aromatic rings. The van der Waals surface area contributed by atoms with E-state index in [9.17, 15) is 9.18 Å². The number of allylic oxidation sites excluding steroid dienone is 4. The second-order valence-electron chi connectivity index (χ2n) is 8.26. The lowest BCUT2D eigenvalue weighted by atomic mass is 10.1. The molecular formula is C25H37Cl2FN2O2. The fourth-order valence-electron chi connectivity index (χ4n) is 2.87. The third kappa shape index (κ3) is 12.2. The third-order valence-electron chi connectivity index (χ3n) is 4.26. The van der Waals surface area contributed by atoms with Gasteiger partial charge in [0.2, 0.25) is 5.91 Å². The molecule has 0 saturated carbocycles. The summed E-state index contributed by atoms with van der Waals surface area (Å²) < 4.78 is 12.5. The van der Waals surface area contributed by atoms with Crippen LogP contribution >= 0.6 is 23.2 Å². The van der Waals surface area contributed by atoms with E-state index in [-0.39, 0.29) is 5.91 Å². The minimum absolute atomic E-state index is 0.263. The number of amides is 1. The molecule has 0 spiro atoms. The summed E-state index contributed by atoms with van der Waals surface area (Å²) in [6.07, 6.45) is 5.90. The third-order valence-corrected chi connectivity index (χ3v) is 4.99. The van der Waals surface area contributed by atoms with Crippen LogP contribution < -0.4 is 5.32 Å². The van der Waals surface area contributed by atoms with Crippen LogP contribution in [0.3, 0.4) is 0 Å². The number of hydrogen-bond acceptors (Lipinski definition) is 3. The summed E-state index contributed by atoms with van der Waals surface area (Å²) in [5.41, 5.74) is 1.28. The van der Waals surface area contributed by atoms with Crippen molar-refractivity contribution >= 4 is 34.8 Å². The topological polar surface area (TPSA) is 52.6 Å². The Morgan fingerprint density at radius 3 is 2.31 bits per heavy atom. The van der Waals surface area contributed by atoms with Crippen molar-refractivity contribution in [1.29, 1.82) is 0 Å². The molecule has 0 aliphatic heterocycles. The minimum atomic E-state index is -0.705. The predicted molar refractivity (Wildman–Crippen MR) is 136 cm³/mol. The molecule has 1 aromatic carbocycles. The van der Waals surface area contributed by atoms with Gasteiger partial charge in [-0.05, 0) is 49.8 Å². The molecule has 0 atom stereocenters. The average molecular weight is 487 g/mol. The van der Waals surface area contributed by atoms with Crippen LogP contribution in [-0.4, -0.2) is 29.0 Å². The smallest absolute Gasteiger partial charge is 0.221 e. The van der Waals surface area contributed by atoms with Crippen molar-refractivity contribution in [3.8, 4) is 5.75 Å². The van der Waals surface area contributed by atoms with Crippen LogP contribution in [0.1, 0.15) is 54.4 Å². The number of carbonyl (C=O) groups excluding carboxylic acids is 1. The van der Waals surface area contributed by atoms with Crippen LogP contribution in [-0.2, 0) is 4.79 Å². The molecule has 0 aromatic heterocycles. The summed E-state index contributed by atoms with van der Waals surface area (Å²) in [6, 6.07) is 3.60. The molecular weight excluding hydrogens is 450 g/mol. The van der Waals surface area contributed by atoms with Crippen LogP contribution in [0.15, 0.2) is 52.7 Å². The number of benzene rings is 1. The first-order valence-corrected chi connectivity index (χ1v) is 11.5. The Balaban J connectivity index is 0.000000677. The first-order valence-electron chi connectivity index (χ1n) is 10.8. The highest BCUT2D eigenvalue weighted by Crippen LogP contribution is 2.27. The van der Waals surface area contributed by atoms with E-state index in [1.807, 2.05) is 13.0 Å². The quantitative estimate of drug-likeness (QED) is 0.333. The van der Waals surface area contributed by atoms with E-state index in [4.69, 9.17) is 28.3 Å². The van der Waals surface area contributed by atoms with Crippen molar-refractivity contribution in [2.45, 2.75) is 54.4 Å². The normalized spacial score (nSPS) is 12.2. The van der Waals surface area contributed by atoms with Crippen LogP contribution in [0, 0.1) is 17.7 Å². The summed E-state index contributed by atoms with van der Waals surface area (Å²) in [5.74, 6) is -0.165. The lowest BCUT2D eigenvalue weighted by Gasteiger charge is -2.30. The summed E-state index contributed by atoms with van der Waals surface area (Å²) in [5, 5.41) is 12.6. The Hall–Kier alpha value is -1.98. The average Bonchev–Trinajstić information content (AvgIpc) is 2.69. The first kappa shape index (κ1) is 30.0. The lowest BCUT2D eigenvalue weighted by molar-refractivity contribution is -0.114. The largest absolute Gasteiger partial charge is 0.505 e. The number of anilines is 1. The van der Waals surface area contributed by atoms with E-state index >= 15 is 0 Å². The number of phenols is 1. The predicted octanol–water partition coefficient (Wildman–Crippen LogP) is 7.65. The van der Waals surface area contributed by atoms with Crippen LogP contribution in [0.4, 0.5) is 10.1 Å². The van der Waals surface area contributed by atoms with Crippen molar-refractivity contribution in [2.75, 3.05) is 18.4 Å². The van der Waals surface area contributed by atoms with E-state index in [1.165, 1.54) is 19.4 Å². The zero-order valence-corrected chi connectivity index (χ0v) is 21.5. The fourth-order valence-corrected chi connectivity index (χ4v) is 3.36. The molecule has 0 bridgehead atoms. The molecule has 0 heterocycles. The first-order chi connectivity index (χ1) is 14.9. The lowest BCUT2D eigenvalue weighted by Crippen LogP contribution is -2.29. The molecule has 1 amide bonds. The standard InChI is InChI=1S/C17H29Cl2N.C8H8FNO2/c1-7-15(18)17(16(19)8-2)20(12-14(5)6)11-9-10-13(3)4;1-5(11)10-6-2-3-7(9)8(12)4-6/h7-8,13-14H,1,9-12H2,2-6H3;2-4,12H,1H3,(H,10,11)/b16-8+,17-15-;. The monoisotopic (exact) mass is 486 g/mol. The van der Waals surface area contributed by atoms with Gasteiger partial charge in [-0.15, -0.1) is 0 Å². The van der Waals surface area contributed by atoms with Crippen molar-refractivity contribution in [3.05, 3.63) is 58.5 Å². The van der Waals surface area contributed by atoms with Crippen molar-refractivity contribution in [1.82, 2.24) is 4.90 Å². The number of phenolic OH excluding ortho intramolecular Hbond substituents is 1. The van der Waals surface area contributed by atoms with Gasteiger partial charge in [0.1, 0.15) is 0 Å². The van der Waals surface area contributed by atoms with E-state index in [1.54, 1.807) is 6.08 Å². The molecule has 32 heavy (non-hydrogen) atoms. The molecule has 0 aliphatic carbocycles. The summed E-state index contributed by atoms with van der Waals surface area (Å²) in [7, 11) is 0. The highest BCUT2D eigenvalue weighted by Gasteiger charge is 2.17. The molecule has 1 rings (SSSR count). The van der Waals surface area contributed by atoms with E-state index in [2.05, 4.69) is 44.5 Å². The van der Waals surface area contributed by atoms with Gasteiger partial charge in [-0.3, -0.25) is 4.79 Å². The van der Waals surface area contributed by atoms with Crippen molar-refractivity contribution in [3.63, 3.8) is 0 Å². The number of carbonyl (C=O) groups is 1. The maximum absolute atomic E-state index is 12.5. The van der Waals surface area contributed by atoms with E-state index in [0.717, 1.165) is 43.3 Å². The molecule has 0 fully saturated rings. The van der Waals surface area contributed by atoms with Gasteiger partial charge in [0.05, 0.1) is 15.8 Å². The zero-order valence-electron chi connectivity index (χ0n) is 20.0. The van der Waals surface area contributed by atoms with E-state index < -0.39 is 11.6 Å². The zero-order chi connectivity index (χ0) is 24.8. The number of rotatable bonds is 10. The van der Waals surface area contributed by atoms with Gasteiger partial charge in [0.15, 0.2) is 11.6 Å². The minimum Gasteiger partial charge on any atom is -0.505 e. The van der Waals surface area contributed by atoms with Gasteiger partial charge >= 0.3 is 0 Å². The molecule has 0 unspecified atom stereocenters. The summed E-state index contributed by atoms with van der Waals surface area (Å²) >= 11 is 12.7. The fraction of sp³-hybridized carbons (Fsp3) is 0.480. The van der Waals surface area contributed by atoms with Crippen molar-refractivity contribution < 1.29 is 14.3 Å². The Morgan fingerprint density at radius 2 is 1.88 bits per heavy atom. The Morgan fingerprint density at radius 1 is 1.25 bits per heavy atom. The molecule has 7 heteroatoms. The Kier molecular flexibility index (Phi) is 14.8. The highest BCUT2D eigenvalue weighted by atomic mass is 35.5. The second kappa shape index (κ2) is 15.8. The molecule has 2 N–H and O–H groups in total. The van der Waals surface area contributed by atoms with Crippen LogP contribution in [0.2, 0.25) is 0 Å². The van der Waals surface area contributed by atoms with Crippen molar-refractivity contribution in [2.24, 2.45) is 11.8 Å². The molecule has 0 aliphatic rings. The Labute approximate surface area is 202 Å². The van der Waals surface area contributed by atoms with Crippen LogP contribution in [0.25, 0.3) is 0 Å². The number of hydrogen-bond donors (Lipinski definition) is 2. The molecule has 0 saturated heterocycles. The van der Waals surface area contributed by atoms with E-state index in [0.29, 0.717) is 21.7 Å². The Bertz CT molecular complexity index is 805.